The molecule has 1 aromatic heterocycles. The predicted octanol–water partition coefficient (Wildman–Crippen LogP) is 3.44. The number of phosphoric acid groups is 1. The van der Waals surface area contributed by atoms with Gasteiger partial charge in [0.05, 0.1) is 11.1 Å². The topological polar surface area (TPSA) is 165 Å². The monoisotopic (exact) mass is 557 g/mol. The summed E-state index contributed by atoms with van der Waals surface area (Å²) in [6.07, 6.45) is 0.842. The maximum atomic E-state index is 14.7. The molecule has 0 spiro atoms. The number of benzene rings is 2. The number of hydrogen-bond donors (Lipinski definition) is 4. The van der Waals surface area contributed by atoms with Crippen LogP contribution in [0.25, 0.3) is 0 Å². The number of fused-ring (bicyclic) bond motifs is 1. The number of phosphoric ester groups is 1. The van der Waals surface area contributed by atoms with E-state index in [0.29, 0.717) is 18.4 Å². The summed E-state index contributed by atoms with van der Waals surface area (Å²) in [6, 6.07) is 5.38. The van der Waals surface area contributed by atoms with Gasteiger partial charge in [-0.2, -0.15) is 5.10 Å². The molecule has 1 aliphatic carbocycles. The standard InChI is InChI=1S/C21H19ClF2N5O7P/c22-14-7-11(1-4-15(14)23)26-20(30)13-2-5-16(24)19-12(13)3-6-17(19)27-21(31)35-8-18-25-9-29(28-18)10-36-37(32,33)34/h1-2,4-5,7,9,17H,3,6,8,10H2,(H,26,30)(H,27,31)(H2,32,33,34). The largest absolute Gasteiger partial charge is 0.471 e. The Kier molecular flexibility index (Phi) is 7.85. The van der Waals surface area contributed by atoms with Crippen molar-refractivity contribution < 1.29 is 42.0 Å². The van der Waals surface area contributed by atoms with Gasteiger partial charge in [-0.25, -0.2) is 27.8 Å². The van der Waals surface area contributed by atoms with Crippen LogP contribution in [0.5, 0.6) is 0 Å². The second-order valence-corrected chi connectivity index (χ2v) is 9.48. The van der Waals surface area contributed by atoms with Crippen LogP contribution in [-0.4, -0.2) is 36.6 Å². The zero-order valence-electron chi connectivity index (χ0n) is 18.7. The highest BCUT2D eigenvalue weighted by atomic mass is 35.5. The van der Waals surface area contributed by atoms with E-state index in [0.717, 1.165) is 23.1 Å². The minimum absolute atomic E-state index is 0.0299. The Bertz CT molecular complexity index is 1400. The summed E-state index contributed by atoms with van der Waals surface area (Å²) in [5, 5.41) is 8.82. The van der Waals surface area contributed by atoms with E-state index >= 15 is 0 Å². The molecule has 37 heavy (non-hydrogen) atoms. The number of rotatable bonds is 8. The van der Waals surface area contributed by atoms with Crippen LogP contribution in [0.3, 0.4) is 0 Å². The van der Waals surface area contributed by atoms with Crippen molar-refractivity contribution >= 4 is 37.1 Å². The van der Waals surface area contributed by atoms with Gasteiger partial charge in [-0.1, -0.05) is 11.6 Å². The lowest BCUT2D eigenvalue weighted by molar-refractivity contribution is 0.102. The molecule has 16 heteroatoms. The second-order valence-electron chi connectivity index (χ2n) is 7.83. The number of carbonyl (C=O) groups excluding carboxylic acids is 2. The van der Waals surface area contributed by atoms with Crippen molar-refractivity contribution in [2.24, 2.45) is 0 Å². The fraction of sp³-hybridized carbons (Fsp3) is 0.238. The first-order chi connectivity index (χ1) is 17.5. The third kappa shape index (κ3) is 6.67. The maximum Gasteiger partial charge on any atom is 0.471 e. The molecule has 0 saturated carbocycles. The van der Waals surface area contributed by atoms with Gasteiger partial charge < -0.3 is 25.2 Å². The number of amides is 2. The van der Waals surface area contributed by atoms with E-state index < -0.39 is 44.2 Å². The third-order valence-corrected chi connectivity index (χ3v) is 6.07. The highest BCUT2D eigenvalue weighted by Crippen LogP contribution is 2.37. The third-order valence-electron chi connectivity index (χ3n) is 5.32. The molecule has 12 nitrogen and oxygen atoms in total. The molecule has 1 aliphatic rings. The summed E-state index contributed by atoms with van der Waals surface area (Å²) in [5.74, 6) is -1.76. The molecule has 1 heterocycles. The maximum absolute atomic E-state index is 14.7. The Balaban J connectivity index is 1.38. The van der Waals surface area contributed by atoms with Crippen molar-refractivity contribution in [1.82, 2.24) is 20.1 Å². The summed E-state index contributed by atoms with van der Waals surface area (Å²) in [6.45, 7) is -0.939. The zero-order chi connectivity index (χ0) is 26.7. The van der Waals surface area contributed by atoms with Gasteiger partial charge in [0.15, 0.2) is 19.2 Å². The number of anilines is 1. The van der Waals surface area contributed by atoms with Gasteiger partial charge in [-0.3, -0.25) is 9.32 Å². The lowest BCUT2D eigenvalue weighted by Gasteiger charge is -2.16. The number of alkyl carbamates (subject to hydrolysis) is 1. The number of halogens is 3. The molecule has 4 N–H and O–H groups in total. The first-order valence-corrected chi connectivity index (χ1v) is 12.5. The Labute approximate surface area is 212 Å². The number of ether oxygens (including phenoxy) is 1. The summed E-state index contributed by atoms with van der Waals surface area (Å²) >= 11 is 5.75. The van der Waals surface area contributed by atoms with Crippen LogP contribution in [0.15, 0.2) is 36.7 Å². The van der Waals surface area contributed by atoms with E-state index in [9.17, 15) is 22.9 Å². The normalized spacial score (nSPS) is 14.8. The first-order valence-electron chi connectivity index (χ1n) is 10.6. The smallest absolute Gasteiger partial charge is 0.441 e. The zero-order valence-corrected chi connectivity index (χ0v) is 20.4. The average molecular weight is 558 g/mol. The van der Waals surface area contributed by atoms with Crippen LogP contribution in [0, 0.1) is 11.6 Å². The molecule has 0 saturated heterocycles. The van der Waals surface area contributed by atoms with E-state index in [1.54, 1.807) is 0 Å². The number of nitrogens with zero attached hydrogens (tertiary/aromatic N) is 3. The number of carbonyl (C=O) groups is 2. The van der Waals surface area contributed by atoms with E-state index in [1.165, 1.54) is 18.2 Å². The Morgan fingerprint density at radius 3 is 2.70 bits per heavy atom. The Morgan fingerprint density at radius 1 is 1.22 bits per heavy atom. The number of hydrogen-bond acceptors (Lipinski definition) is 7. The first kappa shape index (κ1) is 26.6. The van der Waals surface area contributed by atoms with Crippen LogP contribution >= 0.6 is 19.4 Å². The van der Waals surface area contributed by atoms with Crippen LogP contribution in [0.4, 0.5) is 19.3 Å². The average Bonchev–Trinajstić information content (AvgIpc) is 3.46. The van der Waals surface area contributed by atoms with Crippen molar-refractivity contribution in [3.63, 3.8) is 0 Å². The predicted molar refractivity (Wildman–Crippen MR) is 123 cm³/mol. The van der Waals surface area contributed by atoms with Gasteiger partial charge in [0.1, 0.15) is 18.0 Å². The fourth-order valence-electron chi connectivity index (χ4n) is 3.75. The highest BCUT2D eigenvalue weighted by Gasteiger charge is 2.31. The number of aromatic nitrogens is 3. The molecular weight excluding hydrogens is 539 g/mol. The van der Waals surface area contributed by atoms with E-state index in [2.05, 4.69) is 25.2 Å². The lowest BCUT2D eigenvalue weighted by Crippen LogP contribution is -2.28. The summed E-state index contributed by atoms with van der Waals surface area (Å²) in [4.78, 5) is 46.4. The van der Waals surface area contributed by atoms with Crippen LogP contribution in [0.2, 0.25) is 5.02 Å². The van der Waals surface area contributed by atoms with Gasteiger partial charge in [0.2, 0.25) is 0 Å². The minimum atomic E-state index is -4.69. The van der Waals surface area contributed by atoms with E-state index in [4.69, 9.17) is 26.1 Å². The Hall–Kier alpha value is -3.42. The highest BCUT2D eigenvalue weighted by molar-refractivity contribution is 7.46. The summed E-state index contributed by atoms with van der Waals surface area (Å²) in [5.41, 5.74) is 1.03. The SMILES string of the molecule is O=C(NC1CCc2c(C(=O)Nc3ccc(F)c(Cl)c3)ccc(F)c21)OCc1ncn(COP(=O)(O)O)n1. The molecule has 0 bridgehead atoms. The lowest BCUT2D eigenvalue weighted by atomic mass is 10.0. The second kappa shape index (κ2) is 10.9. The van der Waals surface area contributed by atoms with Gasteiger partial charge in [0.25, 0.3) is 5.91 Å². The quantitative estimate of drug-likeness (QED) is 0.304. The van der Waals surface area contributed by atoms with Crippen molar-refractivity contribution in [3.8, 4) is 0 Å². The summed E-state index contributed by atoms with van der Waals surface area (Å²) < 4.78 is 49.1. The van der Waals surface area contributed by atoms with Crippen molar-refractivity contribution in [2.75, 3.05) is 5.32 Å². The van der Waals surface area contributed by atoms with Crippen molar-refractivity contribution in [1.29, 1.82) is 0 Å². The van der Waals surface area contributed by atoms with Gasteiger partial charge >= 0.3 is 13.9 Å². The molecule has 1 atom stereocenters. The molecule has 0 radical (unpaired) electrons. The minimum Gasteiger partial charge on any atom is -0.441 e. The van der Waals surface area contributed by atoms with Gasteiger partial charge in [-0.15, -0.1) is 0 Å². The van der Waals surface area contributed by atoms with Gasteiger partial charge in [-0.05, 0) is 48.7 Å². The van der Waals surface area contributed by atoms with E-state index in [1.807, 2.05) is 0 Å². The molecule has 196 valence electrons. The molecule has 2 aromatic carbocycles. The number of nitrogens with one attached hydrogen (secondary N) is 2. The molecule has 2 amide bonds. The molecule has 0 fully saturated rings. The fourth-order valence-corrected chi connectivity index (χ4v) is 4.20. The van der Waals surface area contributed by atoms with Crippen LogP contribution < -0.4 is 10.6 Å². The Morgan fingerprint density at radius 2 is 1.97 bits per heavy atom. The van der Waals surface area contributed by atoms with Crippen molar-refractivity contribution in [3.05, 3.63) is 75.8 Å². The molecule has 3 aromatic rings. The molecule has 4 rings (SSSR count). The van der Waals surface area contributed by atoms with Crippen LogP contribution in [-0.2, 0) is 33.6 Å². The molecule has 1 unspecified atom stereocenters. The summed E-state index contributed by atoms with van der Waals surface area (Å²) in [7, 11) is -4.69. The van der Waals surface area contributed by atoms with Crippen LogP contribution in [0.1, 0.15) is 39.8 Å². The molecular formula is C21H19ClF2N5O7P. The van der Waals surface area contributed by atoms with Gasteiger partial charge in [0, 0.05) is 16.8 Å². The van der Waals surface area contributed by atoms with E-state index in [-0.39, 0.29) is 34.3 Å². The van der Waals surface area contributed by atoms with Crippen molar-refractivity contribution in [2.45, 2.75) is 32.2 Å². The molecule has 0 aliphatic heterocycles.